The van der Waals surface area contributed by atoms with Crippen LogP contribution in [0.2, 0.25) is 5.15 Å². The fourth-order valence-corrected chi connectivity index (χ4v) is 1.87. The Hall–Kier alpha value is -1.13. The highest BCUT2D eigenvalue weighted by molar-refractivity contribution is 6.29. The average molecular weight is 240 g/mol. The molecule has 0 aliphatic carbocycles. The molecule has 16 heavy (non-hydrogen) atoms. The van der Waals surface area contributed by atoms with Crippen LogP contribution < -0.4 is 10.6 Å². The molecular weight excluding hydrogens is 226 g/mol. The Morgan fingerprint density at radius 3 is 3.06 bits per heavy atom. The zero-order valence-electron chi connectivity index (χ0n) is 8.87. The minimum atomic E-state index is -0.0853. The van der Waals surface area contributed by atoms with Gasteiger partial charge in [0.2, 0.25) is 0 Å². The van der Waals surface area contributed by atoms with Crippen molar-refractivity contribution in [3.05, 3.63) is 29.0 Å². The Morgan fingerprint density at radius 2 is 2.44 bits per heavy atom. The fourth-order valence-electron chi connectivity index (χ4n) is 1.75. The molecule has 0 bridgehead atoms. The lowest BCUT2D eigenvalue weighted by Crippen LogP contribution is -2.45. The maximum absolute atomic E-state index is 11.8. The van der Waals surface area contributed by atoms with Gasteiger partial charge in [0.05, 0.1) is 5.56 Å². The van der Waals surface area contributed by atoms with Crippen molar-refractivity contribution in [2.75, 3.05) is 13.1 Å². The summed E-state index contributed by atoms with van der Waals surface area (Å²) in [5, 5.41) is 6.62. The number of piperidine rings is 1. The molecule has 2 heterocycles. The van der Waals surface area contributed by atoms with Crippen molar-refractivity contribution in [1.82, 2.24) is 15.6 Å². The molecular formula is C11H14ClN3O. The molecule has 0 saturated carbocycles. The van der Waals surface area contributed by atoms with Crippen LogP contribution in [0.4, 0.5) is 0 Å². The molecule has 1 amide bonds. The van der Waals surface area contributed by atoms with Gasteiger partial charge in [-0.1, -0.05) is 11.6 Å². The second-order valence-electron chi connectivity index (χ2n) is 3.89. The topological polar surface area (TPSA) is 54.0 Å². The molecule has 5 heteroatoms. The third-order valence-electron chi connectivity index (χ3n) is 2.62. The molecule has 0 unspecified atom stereocenters. The SMILES string of the molecule is O=C(N[C@H]1CCCNC1)c1ccc(Cl)nc1. The highest BCUT2D eigenvalue weighted by atomic mass is 35.5. The minimum absolute atomic E-state index is 0.0853. The van der Waals surface area contributed by atoms with Gasteiger partial charge in [0.15, 0.2) is 0 Å². The summed E-state index contributed by atoms with van der Waals surface area (Å²) in [6.07, 6.45) is 3.62. The summed E-state index contributed by atoms with van der Waals surface area (Å²) in [5.41, 5.74) is 0.551. The molecule has 1 aromatic heterocycles. The van der Waals surface area contributed by atoms with Crippen molar-refractivity contribution >= 4 is 17.5 Å². The molecule has 1 aliphatic rings. The third kappa shape index (κ3) is 2.93. The number of carbonyl (C=O) groups is 1. The van der Waals surface area contributed by atoms with Gasteiger partial charge < -0.3 is 10.6 Å². The molecule has 0 aromatic carbocycles. The van der Waals surface area contributed by atoms with E-state index in [-0.39, 0.29) is 11.9 Å². The van der Waals surface area contributed by atoms with Gasteiger partial charge in [-0.25, -0.2) is 4.98 Å². The molecule has 1 saturated heterocycles. The van der Waals surface area contributed by atoms with Crippen LogP contribution in [0.25, 0.3) is 0 Å². The lowest BCUT2D eigenvalue weighted by atomic mass is 10.1. The van der Waals surface area contributed by atoms with Crippen molar-refractivity contribution in [2.45, 2.75) is 18.9 Å². The van der Waals surface area contributed by atoms with Crippen LogP contribution >= 0.6 is 11.6 Å². The van der Waals surface area contributed by atoms with Crippen LogP contribution in [-0.4, -0.2) is 30.0 Å². The summed E-state index contributed by atoms with van der Waals surface area (Å²) in [7, 11) is 0. The van der Waals surface area contributed by atoms with E-state index in [1.54, 1.807) is 12.1 Å². The predicted molar refractivity (Wildman–Crippen MR) is 62.6 cm³/mol. The van der Waals surface area contributed by atoms with Crippen LogP contribution in [0.1, 0.15) is 23.2 Å². The molecule has 2 N–H and O–H groups in total. The number of carbonyl (C=O) groups excluding carboxylic acids is 1. The van der Waals surface area contributed by atoms with Crippen molar-refractivity contribution in [3.63, 3.8) is 0 Å². The number of pyridine rings is 1. The van der Waals surface area contributed by atoms with Gasteiger partial charge in [-0.05, 0) is 31.5 Å². The molecule has 1 fully saturated rings. The normalized spacial score (nSPS) is 20.4. The van der Waals surface area contributed by atoms with Gasteiger partial charge in [-0.2, -0.15) is 0 Å². The summed E-state index contributed by atoms with van der Waals surface area (Å²) < 4.78 is 0. The Labute approximate surface area is 99.4 Å². The summed E-state index contributed by atoms with van der Waals surface area (Å²) in [5.74, 6) is -0.0853. The Bertz CT molecular complexity index is 360. The van der Waals surface area contributed by atoms with Gasteiger partial charge in [-0.3, -0.25) is 4.79 Å². The predicted octanol–water partition coefficient (Wildman–Crippen LogP) is 1.22. The van der Waals surface area contributed by atoms with E-state index < -0.39 is 0 Å². The number of halogens is 1. The zero-order valence-corrected chi connectivity index (χ0v) is 9.63. The molecule has 1 aliphatic heterocycles. The maximum atomic E-state index is 11.8. The number of hydrogen-bond acceptors (Lipinski definition) is 3. The van der Waals surface area contributed by atoms with Crippen LogP contribution in [0.5, 0.6) is 0 Å². The summed E-state index contributed by atoms with van der Waals surface area (Å²) in [4.78, 5) is 15.7. The first-order valence-electron chi connectivity index (χ1n) is 5.39. The highest BCUT2D eigenvalue weighted by Gasteiger charge is 2.16. The van der Waals surface area contributed by atoms with E-state index >= 15 is 0 Å². The van der Waals surface area contributed by atoms with Crippen molar-refractivity contribution in [2.24, 2.45) is 0 Å². The second kappa shape index (κ2) is 5.27. The molecule has 86 valence electrons. The summed E-state index contributed by atoms with van der Waals surface area (Å²) in [6, 6.07) is 3.52. The van der Waals surface area contributed by atoms with Gasteiger partial charge in [0.1, 0.15) is 5.15 Å². The first kappa shape index (κ1) is 11.4. The Kier molecular flexibility index (Phi) is 3.74. The first-order chi connectivity index (χ1) is 7.75. The molecule has 4 nitrogen and oxygen atoms in total. The summed E-state index contributed by atoms with van der Waals surface area (Å²) >= 11 is 5.66. The van der Waals surface area contributed by atoms with Crippen LogP contribution in [0, 0.1) is 0 Å². The zero-order chi connectivity index (χ0) is 11.4. The van der Waals surface area contributed by atoms with Gasteiger partial charge in [0, 0.05) is 18.8 Å². The van der Waals surface area contributed by atoms with E-state index in [2.05, 4.69) is 15.6 Å². The Balaban J connectivity index is 1.94. The monoisotopic (exact) mass is 239 g/mol. The molecule has 1 atom stereocenters. The average Bonchev–Trinajstić information content (AvgIpc) is 2.31. The van der Waals surface area contributed by atoms with Gasteiger partial charge in [-0.15, -0.1) is 0 Å². The third-order valence-corrected chi connectivity index (χ3v) is 2.85. The quantitative estimate of drug-likeness (QED) is 0.763. The number of aromatic nitrogens is 1. The van der Waals surface area contributed by atoms with Crippen molar-refractivity contribution in [3.8, 4) is 0 Å². The number of rotatable bonds is 2. The Morgan fingerprint density at radius 1 is 1.56 bits per heavy atom. The van der Waals surface area contributed by atoms with Crippen LogP contribution in [-0.2, 0) is 0 Å². The van der Waals surface area contributed by atoms with Gasteiger partial charge in [0.25, 0.3) is 5.91 Å². The van der Waals surface area contributed by atoms with Gasteiger partial charge >= 0.3 is 0 Å². The molecule has 0 radical (unpaired) electrons. The van der Waals surface area contributed by atoms with E-state index in [1.165, 1.54) is 6.20 Å². The van der Waals surface area contributed by atoms with E-state index in [1.807, 2.05) is 0 Å². The van der Waals surface area contributed by atoms with E-state index in [9.17, 15) is 4.79 Å². The standard InChI is InChI=1S/C11H14ClN3O/c12-10-4-3-8(6-14-10)11(16)15-9-2-1-5-13-7-9/h3-4,6,9,13H,1-2,5,7H2,(H,15,16)/t9-/m0/s1. The largest absolute Gasteiger partial charge is 0.348 e. The van der Waals surface area contributed by atoms with E-state index in [0.29, 0.717) is 10.7 Å². The lowest BCUT2D eigenvalue weighted by molar-refractivity contribution is 0.0930. The number of hydrogen-bond donors (Lipinski definition) is 2. The number of amides is 1. The highest BCUT2D eigenvalue weighted by Crippen LogP contribution is 2.07. The first-order valence-corrected chi connectivity index (χ1v) is 5.76. The van der Waals surface area contributed by atoms with Crippen molar-refractivity contribution in [1.29, 1.82) is 0 Å². The van der Waals surface area contributed by atoms with E-state index in [0.717, 1.165) is 25.9 Å². The lowest BCUT2D eigenvalue weighted by Gasteiger charge is -2.23. The molecule has 0 spiro atoms. The summed E-state index contributed by atoms with van der Waals surface area (Å²) in [6.45, 7) is 1.88. The minimum Gasteiger partial charge on any atom is -0.348 e. The number of nitrogens with zero attached hydrogens (tertiary/aromatic N) is 1. The van der Waals surface area contributed by atoms with Crippen LogP contribution in [0.15, 0.2) is 18.3 Å². The molecule has 2 rings (SSSR count). The number of nitrogens with one attached hydrogen (secondary N) is 2. The van der Waals surface area contributed by atoms with Crippen LogP contribution in [0.3, 0.4) is 0 Å². The molecule has 1 aromatic rings. The fraction of sp³-hybridized carbons (Fsp3) is 0.455. The smallest absolute Gasteiger partial charge is 0.253 e. The second-order valence-corrected chi connectivity index (χ2v) is 4.27. The maximum Gasteiger partial charge on any atom is 0.253 e. The van der Waals surface area contributed by atoms with Crippen molar-refractivity contribution < 1.29 is 4.79 Å². The van der Waals surface area contributed by atoms with E-state index in [4.69, 9.17) is 11.6 Å².